The Labute approximate surface area is 124 Å². The largest absolute Gasteiger partial charge is 0.418 e. The highest BCUT2D eigenvalue weighted by Crippen LogP contribution is 2.31. The third-order valence-electron chi connectivity index (χ3n) is 2.91. The fourth-order valence-corrected chi connectivity index (χ4v) is 1.86. The summed E-state index contributed by atoms with van der Waals surface area (Å²) in [6.45, 7) is 0. The summed E-state index contributed by atoms with van der Waals surface area (Å²) >= 11 is 0. The molecule has 0 aliphatic carbocycles. The van der Waals surface area contributed by atoms with E-state index >= 15 is 0 Å². The van der Waals surface area contributed by atoms with Crippen molar-refractivity contribution in [2.24, 2.45) is 0 Å². The Morgan fingerprint density at radius 3 is 2.23 bits per heavy atom. The molecule has 0 amide bonds. The fourth-order valence-electron chi connectivity index (χ4n) is 1.86. The Morgan fingerprint density at radius 1 is 0.909 bits per heavy atom. The van der Waals surface area contributed by atoms with Crippen molar-refractivity contribution in [2.45, 2.75) is 19.0 Å². The summed E-state index contributed by atoms with van der Waals surface area (Å²) in [5.41, 5.74) is -1.58. The van der Waals surface area contributed by atoms with Crippen LogP contribution in [0.25, 0.3) is 0 Å². The average Bonchev–Trinajstić information content (AvgIpc) is 2.52. The molecule has 0 radical (unpaired) electrons. The summed E-state index contributed by atoms with van der Waals surface area (Å²) < 4.78 is 38.4. The van der Waals surface area contributed by atoms with Gasteiger partial charge in [-0.25, -0.2) is 0 Å². The van der Waals surface area contributed by atoms with Crippen LogP contribution in [0.15, 0.2) is 42.7 Å². The quantitative estimate of drug-likeness (QED) is 0.795. The minimum absolute atomic E-state index is 0.173. The number of nitrogens with zero attached hydrogens (tertiary/aromatic N) is 2. The number of Topliss-reactive ketones (excluding diaryl/α,β-unsaturated/α-hetero) is 2. The highest BCUT2D eigenvalue weighted by atomic mass is 19.4. The van der Waals surface area contributed by atoms with Crippen molar-refractivity contribution in [3.63, 3.8) is 0 Å². The number of hydrogen-bond acceptors (Lipinski definition) is 4. The van der Waals surface area contributed by atoms with Gasteiger partial charge in [-0.15, -0.1) is 0 Å². The van der Waals surface area contributed by atoms with Crippen LogP contribution >= 0.6 is 0 Å². The maximum atomic E-state index is 12.8. The van der Waals surface area contributed by atoms with E-state index in [0.717, 1.165) is 18.3 Å². The maximum absolute atomic E-state index is 12.8. The van der Waals surface area contributed by atoms with Crippen LogP contribution in [0.2, 0.25) is 0 Å². The molecule has 4 nitrogen and oxygen atoms in total. The van der Waals surface area contributed by atoms with E-state index in [9.17, 15) is 22.8 Å². The first kappa shape index (κ1) is 15.8. The number of aromatic nitrogens is 2. The van der Waals surface area contributed by atoms with Crippen LogP contribution in [0.3, 0.4) is 0 Å². The molecule has 0 spiro atoms. The van der Waals surface area contributed by atoms with Gasteiger partial charge in [0.25, 0.3) is 0 Å². The SMILES string of the molecule is O=C(CCC(=O)c1ncccc1C(F)(F)F)c1ccccn1. The topological polar surface area (TPSA) is 59.9 Å². The maximum Gasteiger partial charge on any atom is 0.418 e. The lowest BCUT2D eigenvalue weighted by Crippen LogP contribution is -2.15. The van der Waals surface area contributed by atoms with E-state index in [1.54, 1.807) is 12.1 Å². The van der Waals surface area contributed by atoms with Crippen LogP contribution < -0.4 is 0 Å². The summed E-state index contributed by atoms with van der Waals surface area (Å²) in [6, 6.07) is 6.63. The average molecular weight is 308 g/mol. The Kier molecular flexibility index (Phi) is 4.65. The Balaban J connectivity index is 2.09. The number of rotatable bonds is 5. The van der Waals surface area contributed by atoms with Crippen LogP contribution in [0.5, 0.6) is 0 Å². The minimum Gasteiger partial charge on any atom is -0.292 e. The Morgan fingerprint density at radius 2 is 1.59 bits per heavy atom. The number of hydrogen-bond donors (Lipinski definition) is 0. The van der Waals surface area contributed by atoms with E-state index in [0.29, 0.717) is 0 Å². The van der Waals surface area contributed by atoms with E-state index in [4.69, 9.17) is 0 Å². The van der Waals surface area contributed by atoms with Gasteiger partial charge in [0.1, 0.15) is 11.4 Å². The molecule has 0 fully saturated rings. The van der Waals surface area contributed by atoms with Crippen molar-refractivity contribution in [3.8, 4) is 0 Å². The zero-order valence-corrected chi connectivity index (χ0v) is 11.3. The van der Waals surface area contributed by atoms with Crippen molar-refractivity contribution in [1.29, 1.82) is 0 Å². The highest BCUT2D eigenvalue weighted by Gasteiger charge is 2.35. The third kappa shape index (κ3) is 3.75. The number of halogens is 3. The van der Waals surface area contributed by atoms with Gasteiger partial charge in [-0.1, -0.05) is 6.07 Å². The molecule has 2 heterocycles. The second kappa shape index (κ2) is 6.46. The first-order valence-electron chi connectivity index (χ1n) is 6.39. The molecule has 0 saturated carbocycles. The van der Waals surface area contributed by atoms with Crippen LogP contribution in [0, 0.1) is 0 Å². The van der Waals surface area contributed by atoms with Gasteiger partial charge in [-0.2, -0.15) is 13.2 Å². The molecule has 2 aromatic heterocycles. The molecule has 0 N–H and O–H groups in total. The number of ketones is 2. The fraction of sp³-hybridized carbons (Fsp3) is 0.200. The molecule has 7 heteroatoms. The van der Waals surface area contributed by atoms with E-state index < -0.39 is 29.0 Å². The number of carbonyl (C=O) groups excluding carboxylic acids is 2. The first-order valence-corrected chi connectivity index (χ1v) is 6.39. The summed E-state index contributed by atoms with van der Waals surface area (Å²) in [4.78, 5) is 31.0. The molecule has 0 bridgehead atoms. The smallest absolute Gasteiger partial charge is 0.292 e. The molecule has 0 aromatic carbocycles. The van der Waals surface area contributed by atoms with E-state index in [1.807, 2.05) is 0 Å². The predicted molar refractivity (Wildman–Crippen MR) is 71.4 cm³/mol. The highest BCUT2D eigenvalue weighted by molar-refractivity contribution is 6.01. The number of pyridine rings is 2. The molecule has 2 aromatic rings. The normalized spacial score (nSPS) is 11.2. The molecule has 0 atom stereocenters. The Hall–Kier alpha value is -2.57. The molecule has 2 rings (SSSR count). The Bertz CT molecular complexity index is 685. The second-order valence-electron chi connectivity index (χ2n) is 4.46. The van der Waals surface area contributed by atoms with Gasteiger partial charge < -0.3 is 0 Å². The molecule has 0 aliphatic rings. The molecule has 22 heavy (non-hydrogen) atoms. The predicted octanol–water partition coefficient (Wildman–Crippen LogP) is 3.34. The van der Waals surface area contributed by atoms with Crippen LogP contribution in [0.1, 0.15) is 39.4 Å². The van der Waals surface area contributed by atoms with Crippen molar-refractivity contribution in [1.82, 2.24) is 9.97 Å². The standard InChI is InChI=1S/C15H11F3N2O2/c16-15(17,18)10-4-3-9-20-14(10)13(22)7-6-12(21)11-5-1-2-8-19-11/h1-5,8-9H,6-7H2. The molecular weight excluding hydrogens is 297 g/mol. The number of carbonyl (C=O) groups is 2. The summed E-state index contributed by atoms with van der Waals surface area (Å²) in [5.74, 6) is -1.23. The first-order chi connectivity index (χ1) is 10.4. The summed E-state index contributed by atoms with van der Waals surface area (Å²) in [6.07, 6.45) is -2.69. The molecular formula is C15H11F3N2O2. The van der Waals surface area contributed by atoms with Crippen molar-refractivity contribution in [3.05, 3.63) is 59.7 Å². The van der Waals surface area contributed by atoms with Crippen LogP contribution in [0.4, 0.5) is 13.2 Å². The van der Waals surface area contributed by atoms with Gasteiger partial charge in [0.2, 0.25) is 0 Å². The van der Waals surface area contributed by atoms with E-state index in [1.165, 1.54) is 12.3 Å². The van der Waals surface area contributed by atoms with E-state index in [2.05, 4.69) is 9.97 Å². The van der Waals surface area contributed by atoms with Gasteiger partial charge in [-0.3, -0.25) is 19.6 Å². The van der Waals surface area contributed by atoms with Gasteiger partial charge in [0, 0.05) is 25.2 Å². The minimum atomic E-state index is -4.66. The molecule has 0 aliphatic heterocycles. The van der Waals surface area contributed by atoms with Crippen LogP contribution in [-0.2, 0) is 6.18 Å². The van der Waals surface area contributed by atoms with Crippen molar-refractivity contribution >= 4 is 11.6 Å². The lowest BCUT2D eigenvalue weighted by molar-refractivity contribution is -0.138. The monoisotopic (exact) mass is 308 g/mol. The number of alkyl halides is 3. The van der Waals surface area contributed by atoms with E-state index in [-0.39, 0.29) is 18.5 Å². The zero-order valence-electron chi connectivity index (χ0n) is 11.3. The summed E-state index contributed by atoms with van der Waals surface area (Å²) in [5, 5.41) is 0. The molecule has 0 unspecified atom stereocenters. The lowest BCUT2D eigenvalue weighted by Gasteiger charge is -2.10. The van der Waals surface area contributed by atoms with Crippen LogP contribution in [-0.4, -0.2) is 21.5 Å². The summed E-state index contributed by atoms with van der Waals surface area (Å²) in [7, 11) is 0. The van der Waals surface area contributed by atoms with Crippen molar-refractivity contribution < 1.29 is 22.8 Å². The van der Waals surface area contributed by atoms with Gasteiger partial charge in [-0.05, 0) is 24.3 Å². The third-order valence-corrected chi connectivity index (χ3v) is 2.91. The lowest BCUT2D eigenvalue weighted by atomic mass is 10.0. The van der Waals surface area contributed by atoms with Crippen molar-refractivity contribution in [2.75, 3.05) is 0 Å². The van der Waals surface area contributed by atoms with Gasteiger partial charge >= 0.3 is 6.18 Å². The molecule has 114 valence electrons. The second-order valence-corrected chi connectivity index (χ2v) is 4.46. The zero-order chi connectivity index (χ0) is 16.2. The van der Waals surface area contributed by atoms with Gasteiger partial charge in [0.15, 0.2) is 11.6 Å². The van der Waals surface area contributed by atoms with Gasteiger partial charge in [0.05, 0.1) is 5.56 Å². The molecule has 0 saturated heterocycles.